The van der Waals surface area contributed by atoms with E-state index in [0.717, 1.165) is 43.5 Å². The summed E-state index contributed by atoms with van der Waals surface area (Å²) in [4.78, 5) is 21.2. The highest BCUT2D eigenvalue weighted by Crippen LogP contribution is 2.38. The molecule has 2 fully saturated rings. The number of ether oxygens (including phenoxy) is 3. The minimum Gasteiger partial charge on any atom is -0.489 e. The second-order valence-electron chi connectivity index (χ2n) is 11.0. The van der Waals surface area contributed by atoms with Crippen LogP contribution in [0.15, 0.2) is 72.4 Å². The zero-order valence-corrected chi connectivity index (χ0v) is 25.7. The number of aromatic nitrogens is 1. The zero-order valence-electron chi connectivity index (χ0n) is 24.9. The van der Waals surface area contributed by atoms with Gasteiger partial charge in [-0.15, -0.1) is 0 Å². The van der Waals surface area contributed by atoms with E-state index in [-0.39, 0.29) is 18.6 Å². The summed E-state index contributed by atoms with van der Waals surface area (Å²) < 4.78 is 17.7. The first-order valence-electron chi connectivity index (χ1n) is 15.0. The lowest BCUT2D eigenvalue weighted by molar-refractivity contribution is -0.112. The van der Waals surface area contributed by atoms with Crippen molar-refractivity contribution in [1.29, 1.82) is 5.26 Å². The highest BCUT2D eigenvalue weighted by molar-refractivity contribution is 6.32. The monoisotopic (exact) mass is 634 g/mol. The maximum atomic E-state index is 13.1. The SMILES string of the molecule is [C-]#[N+]c1ccccc1COc1ccc(Nc2c(C#N)cnc3cc(OC4CCOC4)c(NC(=O)C=C4CCNCC4)cc23)cc1Cl. The van der Waals surface area contributed by atoms with E-state index < -0.39 is 0 Å². The van der Waals surface area contributed by atoms with Gasteiger partial charge < -0.3 is 30.2 Å². The van der Waals surface area contributed by atoms with Crippen LogP contribution in [0.1, 0.15) is 30.4 Å². The molecular weight excluding hydrogens is 604 g/mol. The van der Waals surface area contributed by atoms with Crippen LogP contribution in [0.3, 0.4) is 0 Å². The number of rotatable bonds is 9. The lowest BCUT2D eigenvalue weighted by Crippen LogP contribution is -2.24. The molecule has 0 bridgehead atoms. The number of piperidine rings is 1. The molecule has 0 radical (unpaired) electrons. The minimum absolute atomic E-state index is 0.149. The second kappa shape index (κ2) is 14.3. The van der Waals surface area contributed by atoms with Crippen molar-refractivity contribution in [3.63, 3.8) is 0 Å². The van der Waals surface area contributed by atoms with Crippen LogP contribution in [-0.2, 0) is 16.1 Å². The Balaban J connectivity index is 1.30. The molecule has 3 N–H and O–H groups in total. The predicted octanol–water partition coefficient (Wildman–Crippen LogP) is 7.05. The normalized spacial score (nSPS) is 15.9. The molecule has 11 heteroatoms. The summed E-state index contributed by atoms with van der Waals surface area (Å²) in [6.45, 7) is 10.3. The van der Waals surface area contributed by atoms with E-state index in [4.69, 9.17) is 32.4 Å². The fourth-order valence-corrected chi connectivity index (χ4v) is 5.64. The molecule has 1 amide bonds. The largest absolute Gasteiger partial charge is 0.489 e. The lowest BCUT2D eigenvalue weighted by atomic mass is 10.0. The Morgan fingerprint density at radius 1 is 1.20 bits per heavy atom. The first kappa shape index (κ1) is 30.9. The molecule has 1 aromatic heterocycles. The molecule has 2 saturated heterocycles. The number of nitrogens with one attached hydrogen (secondary N) is 3. The second-order valence-corrected chi connectivity index (χ2v) is 11.4. The van der Waals surface area contributed by atoms with E-state index in [9.17, 15) is 10.1 Å². The van der Waals surface area contributed by atoms with Gasteiger partial charge in [-0.1, -0.05) is 41.4 Å². The molecule has 1 atom stereocenters. The number of carbonyl (C=O) groups is 1. The third kappa shape index (κ3) is 7.22. The summed E-state index contributed by atoms with van der Waals surface area (Å²) in [7, 11) is 0. The van der Waals surface area contributed by atoms with Crippen molar-refractivity contribution in [2.45, 2.75) is 32.0 Å². The Morgan fingerprint density at radius 2 is 2.04 bits per heavy atom. The maximum Gasteiger partial charge on any atom is 0.248 e. The molecule has 6 rings (SSSR count). The van der Waals surface area contributed by atoms with Gasteiger partial charge in [-0.25, -0.2) is 4.85 Å². The zero-order chi connectivity index (χ0) is 31.9. The number of fused-ring (bicyclic) bond motifs is 1. The number of nitrogens with zero attached hydrogens (tertiary/aromatic N) is 3. The minimum atomic E-state index is -0.246. The van der Waals surface area contributed by atoms with E-state index in [1.54, 1.807) is 42.5 Å². The molecule has 10 nitrogen and oxygen atoms in total. The van der Waals surface area contributed by atoms with Crippen molar-refractivity contribution in [2.75, 3.05) is 36.9 Å². The number of nitriles is 1. The molecule has 46 heavy (non-hydrogen) atoms. The molecule has 3 aromatic carbocycles. The van der Waals surface area contributed by atoms with Gasteiger partial charge in [0.05, 0.1) is 47.3 Å². The van der Waals surface area contributed by atoms with E-state index >= 15 is 0 Å². The number of hydrogen-bond acceptors (Lipinski definition) is 8. The van der Waals surface area contributed by atoms with Crippen LogP contribution in [0.5, 0.6) is 11.5 Å². The standard InChI is InChI=1S/C35H31ClN6O4/c1-38-29-5-3-2-4-23(29)20-45-32-7-6-25(15-28(32)36)41-35-24(18-37)19-40-30-17-33(46-26-10-13-44-21-26)31(16-27(30)35)42-34(43)14-22-8-11-39-12-9-22/h2-7,14-17,19,26,39H,8-13,20-21H2,(H,40,41)(H,42,43). The van der Waals surface area contributed by atoms with E-state index in [1.165, 1.54) is 6.20 Å². The fourth-order valence-electron chi connectivity index (χ4n) is 5.40. The lowest BCUT2D eigenvalue weighted by Gasteiger charge is -2.19. The molecule has 3 heterocycles. The quantitative estimate of drug-likeness (QED) is 0.132. The molecule has 2 aliphatic heterocycles. The Kier molecular flexibility index (Phi) is 9.61. The topological polar surface area (TPSA) is 122 Å². The van der Waals surface area contributed by atoms with Crippen molar-refractivity contribution in [1.82, 2.24) is 10.3 Å². The Bertz CT molecular complexity index is 1880. The van der Waals surface area contributed by atoms with Crippen molar-refractivity contribution in [2.24, 2.45) is 0 Å². The van der Waals surface area contributed by atoms with Crippen molar-refractivity contribution >= 4 is 51.2 Å². The summed E-state index contributed by atoms with van der Waals surface area (Å²) in [5.74, 6) is 0.689. The third-order valence-electron chi connectivity index (χ3n) is 7.81. The first-order chi connectivity index (χ1) is 22.5. The van der Waals surface area contributed by atoms with Crippen molar-refractivity contribution in [3.8, 4) is 17.6 Å². The van der Waals surface area contributed by atoms with Gasteiger partial charge in [0.1, 0.15) is 30.3 Å². The smallest absolute Gasteiger partial charge is 0.248 e. The Labute approximate surface area is 271 Å². The maximum absolute atomic E-state index is 13.1. The van der Waals surface area contributed by atoms with Gasteiger partial charge in [0, 0.05) is 35.8 Å². The van der Waals surface area contributed by atoms with Gasteiger partial charge in [0.15, 0.2) is 5.69 Å². The third-order valence-corrected chi connectivity index (χ3v) is 8.10. The molecule has 2 aliphatic rings. The Hall–Kier alpha value is -5.13. The van der Waals surface area contributed by atoms with Crippen LogP contribution in [0.4, 0.5) is 22.7 Å². The predicted molar refractivity (Wildman–Crippen MR) is 177 cm³/mol. The molecule has 0 aliphatic carbocycles. The molecule has 232 valence electrons. The van der Waals surface area contributed by atoms with Gasteiger partial charge in [-0.3, -0.25) is 9.78 Å². The summed E-state index contributed by atoms with van der Waals surface area (Å²) >= 11 is 6.61. The van der Waals surface area contributed by atoms with E-state index in [0.29, 0.717) is 69.0 Å². The Morgan fingerprint density at radius 3 is 2.80 bits per heavy atom. The van der Waals surface area contributed by atoms with Crippen LogP contribution in [0.2, 0.25) is 5.02 Å². The summed E-state index contributed by atoms with van der Waals surface area (Å²) in [5, 5.41) is 20.6. The first-order valence-corrected chi connectivity index (χ1v) is 15.4. The van der Waals surface area contributed by atoms with Crippen molar-refractivity contribution < 1.29 is 19.0 Å². The average Bonchev–Trinajstić information content (AvgIpc) is 3.59. The van der Waals surface area contributed by atoms with E-state index in [2.05, 4.69) is 31.8 Å². The van der Waals surface area contributed by atoms with Gasteiger partial charge >= 0.3 is 0 Å². The van der Waals surface area contributed by atoms with E-state index in [1.807, 2.05) is 18.2 Å². The van der Waals surface area contributed by atoms with Crippen LogP contribution in [-0.4, -0.2) is 43.3 Å². The average molecular weight is 635 g/mol. The number of pyridine rings is 1. The van der Waals surface area contributed by atoms with Gasteiger partial charge in [0.25, 0.3) is 0 Å². The highest BCUT2D eigenvalue weighted by Gasteiger charge is 2.22. The number of hydrogen-bond donors (Lipinski definition) is 3. The van der Waals surface area contributed by atoms with Gasteiger partial charge in [-0.2, -0.15) is 5.26 Å². The summed E-state index contributed by atoms with van der Waals surface area (Å²) in [6, 6.07) is 18.3. The number of para-hydroxylation sites is 1. The van der Waals surface area contributed by atoms with Gasteiger partial charge in [0.2, 0.25) is 5.91 Å². The summed E-state index contributed by atoms with van der Waals surface area (Å²) in [6.07, 6.45) is 5.38. The fraction of sp³-hybridized carbons (Fsp3) is 0.257. The number of carbonyl (C=O) groups excluding carboxylic acids is 1. The van der Waals surface area contributed by atoms with Gasteiger partial charge in [-0.05, 0) is 55.8 Å². The molecular formula is C35H31ClN6O4. The number of halogens is 1. The van der Waals surface area contributed by atoms with Crippen molar-refractivity contribution in [3.05, 3.63) is 100 Å². The van der Waals surface area contributed by atoms with Crippen LogP contribution in [0.25, 0.3) is 15.7 Å². The highest BCUT2D eigenvalue weighted by atomic mass is 35.5. The summed E-state index contributed by atoms with van der Waals surface area (Å²) in [5.41, 5.74) is 4.85. The molecule has 0 saturated carbocycles. The number of amides is 1. The van der Waals surface area contributed by atoms with Crippen LogP contribution < -0.4 is 25.4 Å². The molecule has 4 aromatic rings. The van der Waals surface area contributed by atoms with Crippen LogP contribution >= 0.6 is 11.6 Å². The number of benzene rings is 3. The van der Waals surface area contributed by atoms with Crippen LogP contribution in [0, 0.1) is 17.9 Å². The molecule has 0 spiro atoms. The molecule has 1 unspecified atom stereocenters. The number of anilines is 3.